The van der Waals surface area contributed by atoms with E-state index in [0.29, 0.717) is 3.57 Å². The first kappa shape index (κ1) is 10.0. The summed E-state index contributed by atoms with van der Waals surface area (Å²) in [5.74, 6) is -0.670. The molecule has 0 radical (unpaired) electrons. The fraction of sp³-hybridized carbons (Fsp3) is 0. The maximum absolute atomic E-state index is 10.8. The van der Waals surface area contributed by atoms with Gasteiger partial charge in [-0.2, -0.15) is 0 Å². The number of pyridine rings is 1. The Labute approximate surface area is 92.4 Å². The van der Waals surface area contributed by atoms with Crippen molar-refractivity contribution in [3.63, 3.8) is 0 Å². The van der Waals surface area contributed by atoms with Gasteiger partial charge in [-0.15, -0.1) is 0 Å². The molecule has 2 N–H and O–H groups in total. The normalized spacial score (nSPS) is 9.92. The van der Waals surface area contributed by atoms with Crippen molar-refractivity contribution in [3.05, 3.63) is 25.5 Å². The molecule has 1 aromatic rings. The third-order valence-corrected chi connectivity index (χ3v) is 2.99. The van der Waals surface area contributed by atoms with Crippen LogP contribution in [0, 0.1) is 3.57 Å². The molecule has 0 aliphatic rings. The molecule has 0 saturated carbocycles. The van der Waals surface area contributed by atoms with Crippen LogP contribution in [0.1, 0.15) is 10.4 Å². The molecule has 6 heteroatoms. The maximum atomic E-state index is 10.8. The quantitative estimate of drug-likeness (QED) is 0.637. The molecule has 0 aromatic carbocycles. The Morgan fingerprint density at radius 3 is 2.58 bits per heavy atom. The predicted octanol–water partition coefficient (Wildman–Crippen LogP) is 2.09. The van der Waals surface area contributed by atoms with Crippen molar-refractivity contribution in [2.45, 2.75) is 0 Å². The predicted molar refractivity (Wildman–Crippen MR) is 55.5 cm³/mol. The van der Waals surface area contributed by atoms with E-state index in [1.807, 2.05) is 22.6 Å². The SMILES string of the molecule is NC(=O)c1c(Cl)ncc(I)c1Cl. The van der Waals surface area contributed by atoms with Crippen molar-refractivity contribution >= 4 is 51.7 Å². The van der Waals surface area contributed by atoms with Gasteiger partial charge >= 0.3 is 0 Å². The molecule has 0 atom stereocenters. The maximum Gasteiger partial charge on any atom is 0.253 e. The van der Waals surface area contributed by atoms with Crippen LogP contribution >= 0.6 is 45.8 Å². The Kier molecular flexibility index (Phi) is 3.14. The van der Waals surface area contributed by atoms with Crippen molar-refractivity contribution in [2.24, 2.45) is 5.73 Å². The first-order valence-corrected chi connectivity index (χ1v) is 4.66. The van der Waals surface area contributed by atoms with Crippen LogP contribution in [0.15, 0.2) is 6.20 Å². The van der Waals surface area contributed by atoms with Crippen LogP contribution < -0.4 is 5.73 Å². The standard InChI is InChI=1S/C6H3Cl2IN2O/c7-4-2(9)1-11-5(8)3(4)6(10)12/h1H,(H2,10,12). The Bertz CT molecular complexity index is 343. The molecular weight excluding hydrogens is 314 g/mol. The molecule has 3 nitrogen and oxygen atoms in total. The number of nitrogens with zero attached hydrogens (tertiary/aromatic N) is 1. The van der Waals surface area contributed by atoms with Gasteiger partial charge in [0.05, 0.1) is 14.2 Å². The lowest BCUT2D eigenvalue weighted by atomic mass is 10.3. The summed E-state index contributed by atoms with van der Waals surface area (Å²) in [6.07, 6.45) is 1.47. The Balaban J connectivity index is 3.43. The Morgan fingerprint density at radius 2 is 2.17 bits per heavy atom. The van der Waals surface area contributed by atoms with Crippen LogP contribution in [0.5, 0.6) is 0 Å². The van der Waals surface area contributed by atoms with E-state index in [1.165, 1.54) is 6.20 Å². The lowest BCUT2D eigenvalue weighted by Gasteiger charge is -2.02. The van der Waals surface area contributed by atoms with Gasteiger partial charge in [-0.1, -0.05) is 23.2 Å². The highest BCUT2D eigenvalue weighted by molar-refractivity contribution is 14.1. The molecule has 1 aromatic heterocycles. The molecule has 1 amide bonds. The summed E-state index contributed by atoms with van der Waals surface area (Å²) in [5, 5.41) is 0.288. The van der Waals surface area contributed by atoms with E-state index in [1.54, 1.807) is 0 Å². The summed E-state index contributed by atoms with van der Waals surface area (Å²) < 4.78 is 0.646. The van der Waals surface area contributed by atoms with Crippen LogP contribution in [0.4, 0.5) is 0 Å². The highest BCUT2D eigenvalue weighted by Gasteiger charge is 2.14. The monoisotopic (exact) mass is 316 g/mol. The lowest BCUT2D eigenvalue weighted by Crippen LogP contribution is -2.13. The largest absolute Gasteiger partial charge is 0.365 e. The van der Waals surface area contributed by atoms with E-state index < -0.39 is 5.91 Å². The Hall–Kier alpha value is -0.0700. The number of carbonyl (C=O) groups excluding carboxylic acids is 1. The molecule has 0 unspecified atom stereocenters. The minimum absolute atomic E-state index is 0.0351. The number of rotatable bonds is 1. The first-order chi connectivity index (χ1) is 5.54. The highest BCUT2D eigenvalue weighted by Crippen LogP contribution is 2.26. The fourth-order valence-corrected chi connectivity index (χ4v) is 1.58. The average Bonchev–Trinajstić information content (AvgIpc) is 1.97. The third kappa shape index (κ3) is 1.81. The molecule has 0 spiro atoms. The molecule has 1 heterocycles. The van der Waals surface area contributed by atoms with Crippen LogP contribution in [0.25, 0.3) is 0 Å². The number of primary amides is 1. The van der Waals surface area contributed by atoms with E-state index in [-0.39, 0.29) is 15.7 Å². The van der Waals surface area contributed by atoms with Crippen LogP contribution in [0.2, 0.25) is 10.2 Å². The van der Waals surface area contributed by atoms with Gasteiger partial charge in [0.1, 0.15) is 5.15 Å². The molecule has 12 heavy (non-hydrogen) atoms. The van der Waals surface area contributed by atoms with E-state index in [0.717, 1.165) is 0 Å². The van der Waals surface area contributed by atoms with Crippen LogP contribution in [-0.4, -0.2) is 10.9 Å². The average molecular weight is 317 g/mol. The summed E-state index contributed by atoms with van der Waals surface area (Å²) in [6.45, 7) is 0. The minimum Gasteiger partial charge on any atom is -0.365 e. The second-order valence-corrected chi connectivity index (χ2v) is 3.85. The molecule has 0 fully saturated rings. The van der Waals surface area contributed by atoms with E-state index in [2.05, 4.69) is 4.98 Å². The topological polar surface area (TPSA) is 56.0 Å². The summed E-state index contributed by atoms with van der Waals surface area (Å²) in [6, 6.07) is 0. The van der Waals surface area contributed by atoms with Crippen molar-refractivity contribution in [1.82, 2.24) is 4.98 Å². The molecule has 0 saturated heterocycles. The van der Waals surface area contributed by atoms with Crippen LogP contribution in [0.3, 0.4) is 0 Å². The number of nitrogens with two attached hydrogens (primary N) is 1. The van der Waals surface area contributed by atoms with Gasteiger partial charge in [-0.3, -0.25) is 4.79 Å². The van der Waals surface area contributed by atoms with Crippen molar-refractivity contribution in [1.29, 1.82) is 0 Å². The smallest absolute Gasteiger partial charge is 0.253 e. The number of amides is 1. The van der Waals surface area contributed by atoms with E-state index in [9.17, 15) is 4.79 Å². The van der Waals surface area contributed by atoms with Gasteiger partial charge in [-0.25, -0.2) is 4.98 Å². The molecule has 64 valence electrons. The van der Waals surface area contributed by atoms with E-state index in [4.69, 9.17) is 28.9 Å². The van der Waals surface area contributed by atoms with Crippen LogP contribution in [-0.2, 0) is 0 Å². The molecule has 0 bridgehead atoms. The van der Waals surface area contributed by atoms with Gasteiger partial charge in [0.25, 0.3) is 5.91 Å². The second-order valence-electron chi connectivity index (χ2n) is 1.95. The number of hydrogen-bond donors (Lipinski definition) is 1. The molecular formula is C6H3Cl2IN2O. The summed E-state index contributed by atoms with van der Waals surface area (Å²) >= 11 is 13.3. The lowest BCUT2D eigenvalue weighted by molar-refractivity contribution is 0.1000. The number of carbonyl (C=O) groups is 1. The highest BCUT2D eigenvalue weighted by atomic mass is 127. The van der Waals surface area contributed by atoms with Gasteiger partial charge in [0.2, 0.25) is 0 Å². The van der Waals surface area contributed by atoms with Crippen molar-refractivity contribution in [2.75, 3.05) is 0 Å². The van der Waals surface area contributed by atoms with Gasteiger partial charge in [0.15, 0.2) is 0 Å². The third-order valence-electron chi connectivity index (χ3n) is 1.17. The van der Waals surface area contributed by atoms with Crippen molar-refractivity contribution < 1.29 is 4.79 Å². The zero-order chi connectivity index (χ0) is 9.30. The van der Waals surface area contributed by atoms with Gasteiger partial charge in [0, 0.05) is 6.20 Å². The van der Waals surface area contributed by atoms with Gasteiger partial charge < -0.3 is 5.73 Å². The minimum atomic E-state index is -0.670. The van der Waals surface area contributed by atoms with Gasteiger partial charge in [-0.05, 0) is 22.6 Å². The number of halogens is 3. The Morgan fingerprint density at radius 1 is 1.58 bits per heavy atom. The molecule has 1 rings (SSSR count). The first-order valence-electron chi connectivity index (χ1n) is 2.83. The zero-order valence-corrected chi connectivity index (χ0v) is 9.31. The number of aromatic nitrogens is 1. The molecule has 0 aliphatic heterocycles. The van der Waals surface area contributed by atoms with Crippen molar-refractivity contribution in [3.8, 4) is 0 Å². The second kappa shape index (κ2) is 3.76. The van der Waals surface area contributed by atoms with E-state index >= 15 is 0 Å². The fourth-order valence-electron chi connectivity index (χ4n) is 0.654. The summed E-state index contributed by atoms with van der Waals surface area (Å²) in [5.41, 5.74) is 5.11. The zero-order valence-electron chi connectivity index (χ0n) is 5.64. The summed E-state index contributed by atoms with van der Waals surface area (Å²) in [4.78, 5) is 14.5. The molecule has 0 aliphatic carbocycles. The summed E-state index contributed by atoms with van der Waals surface area (Å²) in [7, 11) is 0. The number of hydrogen-bond acceptors (Lipinski definition) is 2.